The predicted molar refractivity (Wildman–Crippen MR) is 253 cm³/mol. The molecule has 9 rings (SSSR count). The number of likely N-dealkylation sites (tertiary alicyclic amines) is 1. The van der Waals surface area contributed by atoms with Gasteiger partial charge in [0.25, 0.3) is 0 Å². The molecule has 3 fully saturated rings. The van der Waals surface area contributed by atoms with Gasteiger partial charge in [-0.1, -0.05) is 110 Å². The zero-order valence-electron chi connectivity index (χ0n) is 38.3. The van der Waals surface area contributed by atoms with Crippen molar-refractivity contribution in [2.24, 2.45) is 5.92 Å². The molecule has 4 heterocycles. The lowest BCUT2D eigenvalue weighted by Gasteiger charge is -2.46. The van der Waals surface area contributed by atoms with Crippen molar-refractivity contribution in [2.45, 2.75) is 61.7 Å². The van der Waals surface area contributed by atoms with Gasteiger partial charge in [0, 0.05) is 36.9 Å². The van der Waals surface area contributed by atoms with Gasteiger partial charge in [0.1, 0.15) is 42.3 Å². The minimum Gasteiger partial charge on any atom is -0.497 e. The van der Waals surface area contributed by atoms with Crippen molar-refractivity contribution < 1.29 is 48.0 Å². The standard InChI is InChI=1S/C55H55N3O10/c1-64-34-35-67-54(63)57-44-29-26-38(23-22-37-24-27-41(65-2)28-25-37)36-43(44)55(53(57)62)46(51(60)56-30-14-4-3-5-15-31-56)48-52(61)68-49(40-18-10-7-11-19-40)47(39-16-8-6-9-17-39)58(48)50(55)42-20-12-13-21-45(42)66-33-32-59/h6-13,16-21,24-29,36,46-50,59H,3-5,14-15,30-35H2,1-2H3. The molecule has 0 bridgehead atoms. The second-order valence-electron chi connectivity index (χ2n) is 17.4. The molecule has 6 unspecified atom stereocenters. The molecule has 350 valence electrons. The van der Waals surface area contributed by atoms with E-state index in [1.165, 1.54) is 7.11 Å². The molecule has 3 amide bonds. The lowest BCUT2D eigenvalue weighted by molar-refractivity contribution is -0.179. The summed E-state index contributed by atoms with van der Waals surface area (Å²) < 4.78 is 29.4. The van der Waals surface area contributed by atoms with Crippen molar-refractivity contribution in [3.63, 3.8) is 0 Å². The van der Waals surface area contributed by atoms with Crippen molar-refractivity contribution in [3.8, 4) is 23.3 Å². The fraction of sp³-hybridized carbons (Fsp3) is 0.345. The Labute approximate surface area is 396 Å². The Morgan fingerprint density at radius 2 is 1.38 bits per heavy atom. The molecular weight excluding hydrogens is 863 g/mol. The fourth-order valence-electron chi connectivity index (χ4n) is 10.7. The van der Waals surface area contributed by atoms with Crippen LogP contribution in [-0.2, 0) is 34.0 Å². The summed E-state index contributed by atoms with van der Waals surface area (Å²) in [4.78, 5) is 67.8. The molecule has 5 aromatic carbocycles. The van der Waals surface area contributed by atoms with Crippen LogP contribution >= 0.6 is 0 Å². The number of esters is 1. The minimum atomic E-state index is -2.02. The maximum absolute atomic E-state index is 16.6. The molecule has 0 aromatic heterocycles. The van der Waals surface area contributed by atoms with Crippen LogP contribution in [0.4, 0.5) is 10.5 Å². The molecule has 0 radical (unpaired) electrons. The van der Waals surface area contributed by atoms with Gasteiger partial charge < -0.3 is 33.7 Å². The predicted octanol–water partition coefficient (Wildman–Crippen LogP) is 7.71. The van der Waals surface area contributed by atoms with Gasteiger partial charge in [0.15, 0.2) is 0 Å². The zero-order valence-corrected chi connectivity index (χ0v) is 38.3. The topological polar surface area (TPSA) is 144 Å². The summed E-state index contributed by atoms with van der Waals surface area (Å²) >= 11 is 0. The van der Waals surface area contributed by atoms with Crippen LogP contribution in [0, 0.1) is 17.8 Å². The highest BCUT2D eigenvalue weighted by molar-refractivity contribution is 6.23. The molecule has 1 N–H and O–H groups in total. The number of carbonyl (C=O) groups is 4. The first-order chi connectivity index (χ1) is 33.3. The Bertz CT molecular complexity index is 2680. The average Bonchev–Trinajstić information content (AvgIpc) is 3.81. The van der Waals surface area contributed by atoms with Crippen LogP contribution in [0.5, 0.6) is 11.5 Å². The number of morpholine rings is 1. The number of aliphatic hydroxyl groups is 1. The first-order valence-electron chi connectivity index (χ1n) is 23.3. The Hall–Kier alpha value is -6.98. The van der Waals surface area contributed by atoms with E-state index in [4.69, 9.17) is 23.7 Å². The van der Waals surface area contributed by atoms with E-state index in [2.05, 4.69) is 11.8 Å². The number of rotatable bonds is 11. The Balaban J connectivity index is 1.37. The number of nitrogens with zero attached hydrogens (tertiary/aromatic N) is 3. The molecule has 4 aliphatic heterocycles. The van der Waals surface area contributed by atoms with Gasteiger partial charge in [-0.3, -0.25) is 19.3 Å². The molecule has 13 nitrogen and oxygen atoms in total. The number of amides is 3. The molecular formula is C55H55N3O10. The van der Waals surface area contributed by atoms with Crippen LogP contribution in [0.1, 0.15) is 83.7 Å². The SMILES string of the molecule is COCCOC(=O)N1C(=O)C2(c3cc(C#Cc4ccc(OC)cc4)ccc31)C(C(=O)N1CCCCCCC1)C1C(=O)OC(c3ccccc3)C(c3ccccc3)N1C2c1ccccc1OCCO. The highest BCUT2D eigenvalue weighted by atomic mass is 16.6. The van der Waals surface area contributed by atoms with E-state index in [1.54, 1.807) is 42.3 Å². The summed E-state index contributed by atoms with van der Waals surface area (Å²) in [6.45, 7) is 0.364. The van der Waals surface area contributed by atoms with Crippen LogP contribution in [0.25, 0.3) is 0 Å². The number of methoxy groups -OCH3 is 2. The molecule has 0 saturated carbocycles. The van der Waals surface area contributed by atoms with Crippen LogP contribution in [-0.4, -0.2) is 98.6 Å². The minimum absolute atomic E-state index is 0.0707. The maximum Gasteiger partial charge on any atom is 0.421 e. The molecule has 1 spiro atoms. The highest BCUT2D eigenvalue weighted by Gasteiger charge is 2.76. The van der Waals surface area contributed by atoms with Crippen molar-refractivity contribution in [1.82, 2.24) is 9.80 Å². The van der Waals surface area contributed by atoms with E-state index in [-0.39, 0.29) is 32.1 Å². The first kappa shape index (κ1) is 46.1. The molecule has 68 heavy (non-hydrogen) atoms. The van der Waals surface area contributed by atoms with Gasteiger partial charge in [-0.15, -0.1) is 0 Å². The van der Waals surface area contributed by atoms with Gasteiger partial charge in [-0.05, 0) is 78.1 Å². The zero-order chi connectivity index (χ0) is 47.2. The molecule has 0 aliphatic carbocycles. The Kier molecular flexibility index (Phi) is 13.9. The normalized spacial score (nSPS) is 23.4. The number of ether oxygens (including phenoxy) is 5. The van der Waals surface area contributed by atoms with Crippen molar-refractivity contribution >= 4 is 29.6 Å². The number of fused-ring (bicyclic) bond motifs is 3. The molecule has 5 aromatic rings. The fourth-order valence-corrected chi connectivity index (χ4v) is 10.7. The van der Waals surface area contributed by atoms with E-state index in [9.17, 15) is 9.90 Å². The lowest BCUT2D eigenvalue weighted by Crippen LogP contribution is -2.56. The molecule has 6 atom stereocenters. The van der Waals surface area contributed by atoms with E-state index in [0.29, 0.717) is 52.4 Å². The summed E-state index contributed by atoms with van der Waals surface area (Å²) in [7, 11) is 3.07. The number of benzene rings is 5. The molecule has 4 aliphatic rings. The number of hydrogen-bond acceptors (Lipinski definition) is 11. The largest absolute Gasteiger partial charge is 0.497 e. The summed E-state index contributed by atoms with van der Waals surface area (Å²) in [5, 5.41) is 10.1. The number of para-hydroxylation sites is 1. The maximum atomic E-state index is 16.6. The monoisotopic (exact) mass is 917 g/mol. The van der Waals surface area contributed by atoms with E-state index >= 15 is 14.4 Å². The van der Waals surface area contributed by atoms with Crippen molar-refractivity contribution in [2.75, 3.05) is 58.6 Å². The highest BCUT2D eigenvalue weighted by Crippen LogP contribution is 2.67. The van der Waals surface area contributed by atoms with Crippen molar-refractivity contribution in [3.05, 3.63) is 161 Å². The Morgan fingerprint density at radius 3 is 2.07 bits per heavy atom. The summed E-state index contributed by atoms with van der Waals surface area (Å²) in [6.07, 6.45) is 2.49. The number of imide groups is 1. The number of carbonyl (C=O) groups excluding carboxylic acids is 4. The number of hydrogen-bond donors (Lipinski definition) is 1. The summed E-state index contributed by atoms with van der Waals surface area (Å²) in [5.41, 5.74) is 1.66. The van der Waals surface area contributed by atoms with Gasteiger partial charge >= 0.3 is 12.1 Å². The third kappa shape index (κ3) is 8.49. The smallest absolute Gasteiger partial charge is 0.421 e. The van der Waals surface area contributed by atoms with Gasteiger partial charge in [0.2, 0.25) is 11.8 Å². The Morgan fingerprint density at radius 1 is 0.735 bits per heavy atom. The van der Waals surface area contributed by atoms with Crippen LogP contribution < -0.4 is 14.4 Å². The number of aliphatic hydroxyl groups excluding tert-OH is 1. The van der Waals surface area contributed by atoms with Crippen molar-refractivity contribution in [1.29, 1.82) is 0 Å². The van der Waals surface area contributed by atoms with E-state index in [1.807, 2.05) is 102 Å². The first-order valence-corrected chi connectivity index (χ1v) is 23.3. The summed E-state index contributed by atoms with van der Waals surface area (Å²) in [6, 6.07) is 35.4. The quantitative estimate of drug-likeness (QED) is 0.0791. The van der Waals surface area contributed by atoms with Crippen LogP contribution in [0.3, 0.4) is 0 Å². The van der Waals surface area contributed by atoms with E-state index < -0.39 is 59.4 Å². The molecule has 3 saturated heterocycles. The van der Waals surface area contributed by atoms with E-state index in [0.717, 1.165) is 42.6 Å². The van der Waals surface area contributed by atoms with Crippen LogP contribution in [0.2, 0.25) is 0 Å². The van der Waals surface area contributed by atoms with Crippen LogP contribution in [0.15, 0.2) is 127 Å². The second kappa shape index (κ2) is 20.5. The number of cyclic esters (lactones) is 1. The third-order valence-corrected chi connectivity index (χ3v) is 13.6. The second-order valence-corrected chi connectivity index (χ2v) is 17.4. The average molecular weight is 918 g/mol. The van der Waals surface area contributed by atoms with Gasteiger partial charge in [0.05, 0.1) is 44.0 Å². The molecule has 13 heteroatoms. The number of anilines is 1. The van der Waals surface area contributed by atoms with Gasteiger partial charge in [-0.25, -0.2) is 9.69 Å². The van der Waals surface area contributed by atoms with Gasteiger partial charge in [-0.2, -0.15) is 0 Å². The third-order valence-electron chi connectivity index (χ3n) is 13.6. The lowest BCUT2D eigenvalue weighted by atomic mass is 9.64. The summed E-state index contributed by atoms with van der Waals surface area (Å²) in [5.74, 6) is 4.25.